The van der Waals surface area contributed by atoms with Crippen LogP contribution in [0.4, 0.5) is 11.4 Å². The summed E-state index contributed by atoms with van der Waals surface area (Å²) >= 11 is 0. The number of fused-ring (bicyclic) bond motifs is 1. The second-order valence-electron chi connectivity index (χ2n) is 8.56. The van der Waals surface area contributed by atoms with E-state index in [0.717, 1.165) is 35.1 Å². The number of carbonyl (C=O) groups is 2. The van der Waals surface area contributed by atoms with Gasteiger partial charge in [0.2, 0.25) is 10.0 Å². The first-order valence-electron chi connectivity index (χ1n) is 11.6. The first kappa shape index (κ1) is 24.7. The number of aryl methyl sites for hydroxylation is 1. The maximum Gasteiger partial charge on any atom is 0.307 e. The Morgan fingerprint density at radius 2 is 1.71 bits per heavy atom. The number of ether oxygens (including phenoxy) is 1. The quantitative estimate of drug-likeness (QED) is 0.440. The second kappa shape index (κ2) is 10.9. The van der Waals surface area contributed by atoms with Crippen molar-refractivity contribution in [3.05, 3.63) is 66.2 Å². The zero-order valence-electron chi connectivity index (χ0n) is 19.6. The third-order valence-electron chi connectivity index (χ3n) is 5.97. The van der Waals surface area contributed by atoms with E-state index in [-0.39, 0.29) is 17.9 Å². The Bertz CT molecular complexity index is 1330. The Kier molecular flexibility index (Phi) is 7.67. The van der Waals surface area contributed by atoms with Gasteiger partial charge in [-0.2, -0.15) is 0 Å². The molecule has 9 heteroatoms. The van der Waals surface area contributed by atoms with Crippen molar-refractivity contribution in [2.75, 3.05) is 36.5 Å². The Hall–Kier alpha value is -3.43. The maximum atomic E-state index is 12.5. The maximum absolute atomic E-state index is 12.5. The van der Waals surface area contributed by atoms with Crippen LogP contribution in [-0.4, -0.2) is 46.5 Å². The molecule has 3 aromatic rings. The summed E-state index contributed by atoms with van der Waals surface area (Å²) in [4.78, 5) is 26.7. The number of benzene rings is 3. The second-order valence-corrected chi connectivity index (χ2v) is 10.3. The lowest BCUT2D eigenvalue weighted by molar-refractivity contribution is -0.147. The molecule has 8 nitrogen and oxygen atoms in total. The Morgan fingerprint density at radius 3 is 2.46 bits per heavy atom. The van der Waals surface area contributed by atoms with Crippen molar-refractivity contribution in [1.29, 1.82) is 0 Å². The number of hydrogen-bond donors (Lipinski definition) is 2. The average Bonchev–Trinajstić information content (AvgIpc) is 3.39. The van der Waals surface area contributed by atoms with Gasteiger partial charge >= 0.3 is 5.97 Å². The van der Waals surface area contributed by atoms with Crippen LogP contribution in [0.3, 0.4) is 0 Å². The molecule has 4 rings (SSSR count). The molecule has 0 unspecified atom stereocenters. The van der Waals surface area contributed by atoms with Gasteiger partial charge < -0.3 is 15.0 Å². The van der Waals surface area contributed by atoms with Crippen LogP contribution in [0.1, 0.15) is 24.8 Å². The summed E-state index contributed by atoms with van der Waals surface area (Å²) in [6, 6.07) is 18.2. The molecule has 0 radical (unpaired) electrons. The Balaban J connectivity index is 1.22. The van der Waals surface area contributed by atoms with Crippen molar-refractivity contribution in [2.24, 2.45) is 0 Å². The SMILES string of the molecule is Cc1cc(N2CCCC2)ccc1NC(=O)COC(=O)CCNS(=O)(=O)c1ccc2ccccc2c1. The molecular weight excluding hydrogens is 466 g/mol. The third kappa shape index (κ3) is 6.37. The number of nitrogens with one attached hydrogen (secondary N) is 2. The van der Waals surface area contributed by atoms with Crippen LogP contribution in [0, 0.1) is 6.92 Å². The number of sulfonamides is 1. The molecule has 0 atom stereocenters. The molecule has 1 amide bonds. The van der Waals surface area contributed by atoms with E-state index < -0.39 is 28.5 Å². The van der Waals surface area contributed by atoms with Crippen LogP contribution in [0.2, 0.25) is 0 Å². The lowest BCUT2D eigenvalue weighted by Gasteiger charge is -2.19. The number of carbonyl (C=O) groups excluding carboxylic acids is 2. The number of amides is 1. The van der Waals surface area contributed by atoms with Crippen molar-refractivity contribution in [1.82, 2.24) is 4.72 Å². The van der Waals surface area contributed by atoms with Crippen LogP contribution in [0.5, 0.6) is 0 Å². The zero-order valence-corrected chi connectivity index (χ0v) is 20.4. The number of esters is 1. The summed E-state index contributed by atoms with van der Waals surface area (Å²) in [7, 11) is -3.77. The van der Waals surface area contributed by atoms with Crippen molar-refractivity contribution in [3.63, 3.8) is 0 Å². The fraction of sp³-hybridized carbons (Fsp3) is 0.308. The molecule has 1 heterocycles. The molecule has 35 heavy (non-hydrogen) atoms. The van der Waals surface area contributed by atoms with Crippen LogP contribution in [0.15, 0.2) is 65.6 Å². The molecule has 1 aliphatic heterocycles. The van der Waals surface area contributed by atoms with E-state index >= 15 is 0 Å². The Labute approximate surface area is 205 Å². The molecular formula is C26H29N3O5S. The molecule has 1 aliphatic rings. The van der Waals surface area contributed by atoms with Gasteiger partial charge in [-0.3, -0.25) is 9.59 Å². The fourth-order valence-corrected chi connectivity index (χ4v) is 5.14. The van der Waals surface area contributed by atoms with Crippen LogP contribution in [0.25, 0.3) is 10.8 Å². The molecule has 0 bridgehead atoms. The third-order valence-corrected chi connectivity index (χ3v) is 7.43. The number of anilines is 2. The lowest BCUT2D eigenvalue weighted by Crippen LogP contribution is -2.28. The summed E-state index contributed by atoms with van der Waals surface area (Å²) in [6.07, 6.45) is 2.19. The fourth-order valence-electron chi connectivity index (χ4n) is 4.07. The van der Waals surface area contributed by atoms with Crippen molar-refractivity contribution in [2.45, 2.75) is 31.1 Å². The minimum atomic E-state index is -3.77. The van der Waals surface area contributed by atoms with Crippen molar-refractivity contribution >= 4 is 44.0 Å². The molecule has 1 fully saturated rings. The lowest BCUT2D eigenvalue weighted by atomic mass is 10.1. The van der Waals surface area contributed by atoms with Crippen LogP contribution in [-0.2, 0) is 24.3 Å². The molecule has 0 aromatic heterocycles. The van der Waals surface area contributed by atoms with E-state index in [9.17, 15) is 18.0 Å². The monoisotopic (exact) mass is 495 g/mol. The van der Waals surface area contributed by atoms with E-state index in [4.69, 9.17) is 4.74 Å². The molecule has 1 saturated heterocycles. The van der Waals surface area contributed by atoms with Gasteiger partial charge in [0.05, 0.1) is 11.3 Å². The minimum Gasteiger partial charge on any atom is -0.456 e. The predicted octanol–water partition coefficient (Wildman–Crippen LogP) is 3.60. The molecule has 0 spiro atoms. The first-order valence-corrected chi connectivity index (χ1v) is 13.1. The number of nitrogens with zero attached hydrogens (tertiary/aromatic N) is 1. The van der Waals surface area contributed by atoms with Gasteiger partial charge in [-0.15, -0.1) is 0 Å². The number of rotatable bonds is 9. The van der Waals surface area contributed by atoms with Gasteiger partial charge in [0.25, 0.3) is 5.91 Å². The van der Waals surface area contributed by atoms with Gasteiger partial charge in [-0.05, 0) is 66.4 Å². The smallest absolute Gasteiger partial charge is 0.307 e. The van der Waals surface area contributed by atoms with Crippen molar-refractivity contribution in [3.8, 4) is 0 Å². The highest BCUT2D eigenvalue weighted by Gasteiger charge is 2.17. The zero-order chi connectivity index (χ0) is 24.8. The summed E-state index contributed by atoms with van der Waals surface area (Å²) in [6.45, 7) is 3.43. The van der Waals surface area contributed by atoms with E-state index in [1.165, 1.54) is 18.9 Å². The molecule has 3 aromatic carbocycles. The molecule has 0 saturated carbocycles. The average molecular weight is 496 g/mol. The van der Waals surface area contributed by atoms with E-state index in [2.05, 4.69) is 14.9 Å². The van der Waals surface area contributed by atoms with E-state index in [1.54, 1.807) is 12.1 Å². The van der Waals surface area contributed by atoms with Gasteiger partial charge in [-0.25, -0.2) is 13.1 Å². The van der Waals surface area contributed by atoms with Crippen molar-refractivity contribution < 1.29 is 22.7 Å². The molecule has 184 valence electrons. The highest BCUT2D eigenvalue weighted by molar-refractivity contribution is 7.89. The predicted molar refractivity (Wildman–Crippen MR) is 136 cm³/mol. The summed E-state index contributed by atoms with van der Waals surface area (Å²) in [5, 5.41) is 4.50. The minimum absolute atomic E-state index is 0.120. The summed E-state index contributed by atoms with van der Waals surface area (Å²) < 4.78 is 32.5. The highest BCUT2D eigenvalue weighted by atomic mass is 32.2. The van der Waals surface area contributed by atoms with E-state index in [0.29, 0.717) is 5.69 Å². The summed E-state index contributed by atoms with van der Waals surface area (Å²) in [5.41, 5.74) is 2.73. The first-order chi connectivity index (χ1) is 16.8. The van der Waals surface area contributed by atoms with E-state index in [1.807, 2.05) is 49.4 Å². The normalized spacial score (nSPS) is 13.7. The van der Waals surface area contributed by atoms with Gasteiger partial charge in [0.15, 0.2) is 6.61 Å². The van der Waals surface area contributed by atoms with Gasteiger partial charge in [0, 0.05) is 31.0 Å². The van der Waals surface area contributed by atoms with Crippen LogP contribution >= 0.6 is 0 Å². The van der Waals surface area contributed by atoms with Gasteiger partial charge in [0.1, 0.15) is 0 Å². The molecule has 2 N–H and O–H groups in total. The topological polar surface area (TPSA) is 105 Å². The largest absolute Gasteiger partial charge is 0.456 e. The summed E-state index contributed by atoms with van der Waals surface area (Å²) in [5.74, 6) is -1.12. The highest BCUT2D eigenvalue weighted by Crippen LogP contribution is 2.25. The molecule has 0 aliphatic carbocycles. The number of hydrogen-bond acceptors (Lipinski definition) is 6. The Morgan fingerprint density at radius 1 is 0.971 bits per heavy atom. The van der Waals surface area contributed by atoms with Crippen LogP contribution < -0.4 is 14.9 Å². The standard InChI is InChI=1S/C26H29N3O5S/c1-19-16-22(29-14-4-5-15-29)9-11-24(19)28-25(30)18-34-26(31)12-13-27-35(32,33)23-10-8-20-6-2-3-7-21(20)17-23/h2-3,6-11,16-17,27H,4-5,12-15,18H2,1H3,(H,28,30). The van der Waals surface area contributed by atoms with Gasteiger partial charge in [-0.1, -0.05) is 30.3 Å².